The SMILES string of the molecule is Cc1ccc(NC(=O)CN2C(=O)C(C)Oc3ccc(N)nc32)cc1C. The molecule has 1 atom stereocenters. The summed E-state index contributed by atoms with van der Waals surface area (Å²) in [5, 5.41) is 2.81. The first-order valence-corrected chi connectivity index (χ1v) is 7.97. The quantitative estimate of drug-likeness (QED) is 0.891. The minimum absolute atomic E-state index is 0.164. The van der Waals surface area contributed by atoms with Gasteiger partial charge in [-0.15, -0.1) is 0 Å². The number of aromatic nitrogens is 1. The number of nitrogens with two attached hydrogens (primary N) is 1. The second kappa shape index (κ2) is 6.43. The molecule has 2 aromatic rings. The number of hydrogen-bond acceptors (Lipinski definition) is 5. The van der Waals surface area contributed by atoms with Crippen LogP contribution in [0.5, 0.6) is 5.75 Å². The molecule has 0 aliphatic carbocycles. The molecule has 25 heavy (non-hydrogen) atoms. The molecule has 1 aliphatic heterocycles. The lowest BCUT2D eigenvalue weighted by Crippen LogP contribution is -2.48. The van der Waals surface area contributed by atoms with Gasteiger partial charge in [0, 0.05) is 5.69 Å². The van der Waals surface area contributed by atoms with Crippen LogP contribution in [0.25, 0.3) is 0 Å². The maximum atomic E-state index is 12.4. The van der Waals surface area contributed by atoms with E-state index in [0.717, 1.165) is 11.1 Å². The standard InChI is InChI=1S/C18H20N4O3/c1-10-4-5-13(8-11(10)2)20-16(23)9-22-17-14(6-7-15(19)21-17)25-12(3)18(22)24/h4-8,12H,9H2,1-3H3,(H2,19,21)(H,20,23). The molecule has 7 heteroatoms. The van der Waals surface area contributed by atoms with Gasteiger partial charge in [-0.3, -0.25) is 14.5 Å². The summed E-state index contributed by atoms with van der Waals surface area (Å²) < 4.78 is 5.52. The average Bonchev–Trinajstić information content (AvgIpc) is 2.56. The Hall–Kier alpha value is -3.09. The molecular formula is C18H20N4O3. The second-order valence-electron chi connectivity index (χ2n) is 6.09. The van der Waals surface area contributed by atoms with Crippen LogP contribution in [0, 0.1) is 13.8 Å². The number of fused-ring (bicyclic) bond motifs is 1. The normalized spacial score (nSPS) is 16.2. The van der Waals surface area contributed by atoms with Crippen LogP contribution >= 0.6 is 0 Å². The summed E-state index contributed by atoms with van der Waals surface area (Å²) in [5.41, 5.74) is 8.61. The molecule has 2 amide bonds. The van der Waals surface area contributed by atoms with Gasteiger partial charge in [-0.05, 0) is 56.2 Å². The molecule has 1 aliphatic rings. The first kappa shape index (κ1) is 16.8. The van der Waals surface area contributed by atoms with E-state index in [1.54, 1.807) is 19.1 Å². The maximum Gasteiger partial charge on any atom is 0.269 e. The third kappa shape index (κ3) is 3.40. The van der Waals surface area contributed by atoms with E-state index < -0.39 is 6.10 Å². The molecule has 1 aromatic heterocycles. The minimum Gasteiger partial charge on any atom is -0.477 e. The molecular weight excluding hydrogens is 320 g/mol. The third-order valence-electron chi connectivity index (χ3n) is 4.13. The van der Waals surface area contributed by atoms with E-state index in [9.17, 15) is 9.59 Å². The van der Waals surface area contributed by atoms with Gasteiger partial charge < -0.3 is 15.8 Å². The zero-order chi connectivity index (χ0) is 18.1. The van der Waals surface area contributed by atoms with Crippen LogP contribution < -0.4 is 20.7 Å². The molecule has 0 saturated carbocycles. The van der Waals surface area contributed by atoms with E-state index in [-0.39, 0.29) is 30.0 Å². The van der Waals surface area contributed by atoms with Gasteiger partial charge in [0.2, 0.25) is 5.91 Å². The van der Waals surface area contributed by atoms with E-state index in [4.69, 9.17) is 10.5 Å². The highest BCUT2D eigenvalue weighted by molar-refractivity contribution is 6.05. The smallest absolute Gasteiger partial charge is 0.269 e. The van der Waals surface area contributed by atoms with Gasteiger partial charge in [-0.25, -0.2) is 4.98 Å². The lowest BCUT2D eigenvalue weighted by molar-refractivity contribution is -0.127. The van der Waals surface area contributed by atoms with Gasteiger partial charge in [-0.1, -0.05) is 6.07 Å². The molecule has 1 unspecified atom stereocenters. The lowest BCUT2D eigenvalue weighted by Gasteiger charge is -2.31. The summed E-state index contributed by atoms with van der Waals surface area (Å²) in [5.74, 6) is 0.296. The minimum atomic E-state index is -0.688. The molecule has 7 nitrogen and oxygen atoms in total. The number of benzene rings is 1. The number of carbonyl (C=O) groups excluding carboxylic acids is 2. The number of nitrogens with one attached hydrogen (secondary N) is 1. The van der Waals surface area contributed by atoms with Crippen molar-refractivity contribution >= 4 is 29.1 Å². The number of carbonyl (C=O) groups is 2. The van der Waals surface area contributed by atoms with E-state index in [1.165, 1.54) is 4.90 Å². The number of aryl methyl sites for hydroxylation is 2. The van der Waals surface area contributed by atoms with Crippen molar-refractivity contribution in [3.8, 4) is 5.75 Å². The number of anilines is 3. The van der Waals surface area contributed by atoms with E-state index in [1.807, 2.05) is 32.0 Å². The highest BCUT2D eigenvalue weighted by atomic mass is 16.5. The van der Waals surface area contributed by atoms with Crippen molar-refractivity contribution in [1.82, 2.24) is 4.98 Å². The van der Waals surface area contributed by atoms with Crippen LogP contribution in [0.1, 0.15) is 18.1 Å². The molecule has 2 heterocycles. The van der Waals surface area contributed by atoms with Crippen molar-refractivity contribution in [2.24, 2.45) is 0 Å². The molecule has 0 bridgehead atoms. The molecule has 130 valence electrons. The number of nitrogen functional groups attached to an aromatic ring is 1. The Balaban J connectivity index is 1.81. The molecule has 3 rings (SSSR count). The van der Waals surface area contributed by atoms with Gasteiger partial charge >= 0.3 is 0 Å². The predicted molar refractivity (Wildman–Crippen MR) is 95.6 cm³/mol. The van der Waals surface area contributed by atoms with Crippen molar-refractivity contribution in [2.45, 2.75) is 26.9 Å². The maximum absolute atomic E-state index is 12.4. The summed E-state index contributed by atoms with van der Waals surface area (Å²) in [7, 11) is 0. The van der Waals surface area contributed by atoms with Crippen molar-refractivity contribution in [2.75, 3.05) is 22.5 Å². The van der Waals surface area contributed by atoms with Crippen LogP contribution in [0.3, 0.4) is 0 Å². The van der Waals surface area contributed by atoms with E-state index >= 15 is 0 Å². The predicted octanol–water partition coefficient (Wildman–Crippen LogP) is 2.03. The van der Waals surface area contributed by atoms with Crippen LogP contribution in [0.2, 0.25) is 0 Å². The van der Waals surface area contributed by atoms with Crippen molar-refractivity contribution in [3.63, 3.8) is 0 Å². The zero-order valence-corrected chi connectivity index (χ0v) is 14.4. The summed E-state index contributed by atoms with van der Waals surface area (Å²) in [6.07, 6.45) is -0.688. The molecule has 1 aromatic carbocycles. The fraction of sp³-hybridized carbons (Fsp3) is 0.278. The molecule has 0 fully saturated rings. The molecule has 0 saturated heterocycles. The monoisotopic (exact) mass is 340 g/mol. The Bertz CT molecular complexity index is 850. The van der Waals surface area contributed by atoms with Crippen LogP contribution in [-0.2, 0) is 9.59 Å². The van der Waals surface area contributed by atoms with Gasteiger partial charge in [0.25, 0.3) is 5.91 Å². The Morgan fingerprint density at radius 2 is 2.04 bits per heavy atom. The van der Waals surface area contributed by atoms with Crippen LogP contribution in [0.4, 0.5) is 17.3 Å². The Morgan fingerprint density at radius 1 is 1.28 bits per heavy atom. The first-order chi connectivity index (χ1) is 11.8. The fourth-order valence-corrected chi connectivity index (χ4v) is 2.62. The summed E-state index contributed by atoms with van der Waals surface area (Å²) in [4.78, 5) is 30.3. The van der Waals surface area contributed by atoms with Gasteiger partial charge in [0.1, 0.15) is 12.4 Å². The number of rotatable bonds is 3. The zero-order valence-electron chi connectivity index (χ0n) is 14.4. The average molecular weight is 340 g/mol. The summed E-state index contributed by atoms with van der Waals surface area (Å²) >= 11 is 0. The number of pyridine rings is 1. The molecule has 3 N–H and O–H groups in total. The fourth-order valence-electron chi connectivity index (χ4n) is 2.62. The van der Waals surface area contributed by atoms with Crippen molar-refractivity contribution in [1.29, 1.82) is 0 Å². The van der Waals surface area contributed by atoms with E-state index in [2.05, 4.69) is 10.3 Å². The largest absolute Gasteiger partial charge is 0.477 e. The Labute approximate surface area is 145 Å². The Kier molecular flexibility index (Phi) is 4.31. The van der Waals surface area contributed by atoms with Crippen LogP contribution in [-0.4, -0.2) is 29.4 Å². The van der Waals surface area contributed by atoms with Crippen LogP contribution in [0.15, 0.2) is 30.3 Å². The van der Waals surface area contributed by atoms with Gasteiger partial charge in [-0.2, -0.15) is 0 Å². The number of amides is 2. The molecule has 0 radical (unpaired) electrons. The first-order valence-electron chi connectivity index (χ1n) is 7.97. The van der Waals surface area contributed by atoms with Gasteiger partial charge in [0.05, 0.1) is 0 Å². The topological polar surface area (TPSA) is 97.5 Å². The number of hydrogen-bond donors (Lipinski definition) is 2. The number of ether oxygens (including phenoxy) is 1. The van der Waals surface area contributed by atoms with Crippen molar-refractivity contribution < 1.29 is 14.3 Å². The second-order valence-corrected chi connectivity index (χ2v) is 6.09. The lowest BCUT2D eigenvalue weighted by atomic mass is 10.1. The van der Waals surface area contributed by atoms with Crippen molar-refractivity contribution in [3.05, 3.63) is 41.5 Å². The highest BCUT2D eigenvalue weighted by Gasteiger charge is 2.34. The van der Waals surface area contributed by atoms with E-state index in [0.29, 0.717) is 11.4 Å². The molecule has 0 spiro atoms. The third-order valence-corrected chi connectivity index (χ3v) is 4.13. The highest BCUT2D eigenvalue weighted by Crippen LogP contribution is 2.32. The summed E-state index contributed by atoms with van der Waals surface area (Å²) in [6.45, 7) is 5.45. The number of nitrogens with zero attached hydrogens (tertiary/aromatic N) is 2. The summed E-state index contributed by atoms with van der Waals surface area (Å²) in [6, 6.07) is 8.89. The Morgan fingerprint density at radius 3 is 2.76 bits per heavy atom. The van der Waals surface area contributed by atoms with Gasteiger partial charge in [0.15, 0.2) is 17.7 Å².